The van der Waals surface area contributed by atoms with Crippen LogP contribution in [-0.4, -0.2) is 52.1 Å². The Bertz CT molecular complexity index is 614. The number of ketones is 1. The van der Waals surface area contributed by atoms with Crippen LogP contribution in [0, 0.1) is 5.92 Å². The highest BCUT2D eigenvalue weighted by Crippen LogP contribution is 2.52. The number of hydrogen-bond donors (Lipinski definition) is 4. The van der Waals surface area contributed by atoms with Gasteiger partial charge < -0.3 is 10.4 Å². The second-order valence-corrected chi connectivity index (χ2v) is 9.63. The molecule has 6 nitrogen and oxygen atoms in total. The Balaban J connectivity index is 1.68. The third-order valence-electron chi connectivity index (χ3n) is 4.79. The monoisotopic (exact) mass is 382 g/mol. The number of carboxylic acid groups (broad SMARTS) is 1. The third kappa shape index (κ3) is 7.50. The number of aromatic carboxylic acids is 1. The highest BCUT2D eigenvalue weighted by atomic mass is 31.2. The molecule has 144 valence electrons. The minimum Gasteiger partial charge on any atom is -0.478 e. The van der Waals surface area contributed by atoms with Crippen molar-refractivity contribution in [2.24, 2.45) is 5.92 Å². The number of benzene rings is 1. The molecule has 1 aromatic carbocycles. The van der Waals surface area contributed by atoms with Gasteiger partial charge in [0.15, 0.2) is 11.9 Å². The van der Waals surface area contributed by atoms with E-state index >= 15 is 0 Å². The van der Waals surface area contributed by atoms with Crippen LogP contribution in [0.4, 0.5) is 0 Å². The maximum atomic E-state index is 12.0. The second-order valence-electron chi connectivity index (χ2n) is 7.19. The van der Waals surface area contributed by atoms with Gasteiger partial charge in [-0.3, -0.25) is 4.79 Å². The standard InChI is InChI=1S/C19H28NO5P/c21-18(14-26(24,25)13-16-5-2-1-3-6-16)12-20-10-9-15-7-4-8-17(11-15)19(22)23/h4,7-8,11,16,20,24-25H,1-3,5-6,9-10,12-14H2/p+1. The van der Waals surface area contributed by atoms with Crippen LogP contribution in [0.15, 0.2) is 24.3 Å². The van der Waals surface area contributed by atoms with E-state index in [1.165, 1.54) is 6.42 Å². The minimum absolute atomic E-state index is 0.103. The van der Waals surface area contributed by atoms with E-state index < -0.39 is 13.7 Å². The van der Waals surface area contributed by atoms with Gasteiger partial charge in [0.05, 0.1) is 12.1 Å². The van der Waals surface area contributed by atoms with Gasteiger partial charge in [-0.25, -0.2) is 14.6 Å². The average molecular weight is 382 g/mol. The minimum atomic E-state index is -3.15. The first-order chi connectivity index (χ1) is 12.4. The van der Waals surface area contributed by atoms with Gasteiger partial charge in [-0.15, -0.1) is 0 Å². The molecule has 0 saturated heterocycles. The van der Waals surface area contributed by atoms with Crippen LogP contribution in [0.3, 0.4) is 0 Å². The molecule has 0 bridgehead atoms. The Hall–Kier alpha value is -1.33. The van der Waals surface area contributed by atoms with Gasteiger partial charge >= 0.3 is 5.97 Å². The summed E-state index contributed by atoms with van der Waals surface area (Å²) in [5.41, 5.74) is 1.13. The summed E-state index contributed by atoms with van der Waals surface area (Å²) in [7, 11) is -3.15. The number of carbonyl (C=O) groups excluding carboxylic acids is 1. The Morgan fingerprint density at radius 1 is 1.15 bits per heavy atom. The van der Waals surface area contributed by atoms with E-state index in [1.54, 1.807) is 18.2 Å². The number of carbonyl (C=O) groups is 2. The van der Waals surface area contributed by atoms with Crippen LogP contribution in [0.5, 0.6) is 0 Å². The molecule has 1 aliphatic rings. The summed E-state index contributed by atoms with van der Waals surface area (Å²) in [6.07, 6.45) is 6.40. The molecule has 0 spiro atoms. The molecule has 26 heavy (non-hydrogen) atoms. The second kappa shape index (κ2) is 10.1. The summed E-state index contributed by atoms with van der Waals surface area (Å²) >= 11 is 0. The predicted molar refractivity (Wildman–Crippen MR) is 103 cm³/mol. The molecule has 0 aromatic heterocycles. The number of rotatable bonds is 10. The fraction of sp³-hybridized carbons (Fsp3) is 0.579. The molecule has 1 aromatic rings. The smallest absolute Gasteiger partial charge is 0.335 e. The van der Waals surface area contributed by atoms with Crippen LogP contribution < -0.4 is 5.32 Å². The average Bonchev–Trinajstić information content (AvgIpc) is 2.59. The molecule has 2 rings (SSSR count). The lowest BCUT2D eigenvalue weighted by atomic mass is 9.91. The Kier molecular flexibility index (Phi) is 8.16. The zero-order valence-electron chi connectivity index (χ0n) is 15.1. The van der Waals surface area contributed by atoms with E-state index in [0.29, 0.717) is 25.0 Å². The van der Waals surface area contributed by atoms with Gasteiger partial charge in [0.25, 0.3) is 7.72 Å². The molecule has 1 fully saturated rings. The summed E-state index contributed by atoms with van der Waals surface area (Å²) in [6, 6.07) is 6.71. The molecule has 0 aliphatic heterocycles. The Morgan fingerprint density at radius 3 is 2.58 bits per heavy atom. The van der Waals surface area contributed by atoms with Gasteiger partial charge in [-0.05, 0) is 49.4 Å². The summed E-state index contributed by atoms with van der Waals surface area (Å²) in [6.45, 7) is 0.631. The molecule has 0 unspecified atom stereocenters. The van der Waals surface area contributed by atoms with Crippen molar-refractivity contribution >= 4 is 19.5 Å². The van der Waals surface area contributed by atoms with Gasteiger partial charge in [-0.2, -0.15) is 0 Å². The number of nitrogens with one attached hydrogen (secondary N) is 1. The van der Waals surface area contributed by atoms with E-state index in [9.17, 15) is 19.4 Å². The molecule has 0 heterocycles. The van der Waals surface area contributed by atoms with Crippen molar-refractivity contribution in [1.82, 2.24) is 5.32 Å². The third-order valence-corrected chi connectivity index (χ3v) is 6.75. The lowest BCUT2D eigenvalue weighted by molar-refractivity contribution is -0.116. The fourth-order valence-electron chi connectivity index (χ4n) is 3.51. The van der Waals surface area contributed by atoms with E-state index in [0.717, 1.165) is 31.2 Å². The lowest BCUT2D eigenvalue weighted by Crippen LogP contribution is -2.29. The SMILES string of the molecule is O=C(CNCCc1cccc(C(=O)O)c1)C[P+](O)(O)CC1CCCCC1. The normalized spacial score (nSPS) is 15.8. The zero-order valence-corrected chi connectivity index (χ0v) is 16.0. The number of hydrogen-bond acceptors (Lipinski definition) is 5. The Morgan fingerprint density at radius 2 is 1.88 bits per heavy atom. The van der Waals surface area contributed by atoms with Crippen LogP contribution in [0.25, 0.3) is 0 Å². The van der Waals surface area contributed by atoms with Gasteiger partial charge in [0, 0.05) is 0 Å². The topological polar surface area (TPSA) is 107 Å². The van der Waals surface area contributed by atoms with Crippen molar-refractivity contribution in [3.05, 3.63) is 35.4 Å². The highest BCUT2D eigenvalue weighted by molar-refractivity contribution is 7.65. The molecule has 4 N–H and O–H groups in total. The molecule has 7 heteroatoms. The summed E-state index contributed by atoms with van der Waals surface area (Å²) < 4.78 is 0. The van der Waals surface area contributed by atoms with E-state index in [2.05, 4.69) is 5.32 Å². The van der Waals surface area contributed by atoms with Crippen molar-refractivity contribution in [1.29, 1.82) is 0 Å². The van der Waals surface area contributed by atoms with Gasteiger partial charge in [0.1, 0.15) is 6.16 Å². The van der Waals surface area contributed by atoms with Crippen molar-refractivity contribution in [3.63, 3.8) is 0 Å². The zero-order chi connectivity index (χ0) is 19.0. The van der Waals surface area contributed by atoms with E-state index in [-0.39, 0.29) is 24.1 Å². The molecular weight excluding hydrogens is 353 g/mol. The highest BCUT2D eigenvalue weighted by Gasteiger charge is 2.39. The summed E-state index contributed by atoms with van der Waals surface area (Å²) in [4.78, 5) is 43.4. The van der Waals surface area contributed by atoms with Crippen LogP contribution in [0.2, 0.25) is 0 Å². The fourth-order valence-corrected chi connectivity index (χ4v) is 5.50. The van der Waals surface area contributed by atoms with E-state index in [1.807, 2.05) is 6.07 Å². The van der Waals surface area contributed by atoms with Crippen molar-refractivity contribution in [2.45, 2.75) is 38.5 Å². The van der Waals surface area contributed by atoms with Crippen molar-refractivity contribution in [3.8, 4) is 0 Å². The maximum absolute atomic E-state index is 12.0. The van der Waals surface area contributed by atoms with Gasteiger partial charge in [-0.1, -0.05) is 31.4 Å². The summed E-state index contributed by atoms with van der Waals surface area (Å²) in [5, 5.41) is 12.0. The maximum Gasteiger partial charge on any atom is 0.335 e. The quantitative estimate of drug-likeness (QED) is 0.366. The number of Topliss-reactive ketones (excluding diaryl/α,β-unsaturated/α-hetero) is 1. The van der Waals surface area contributed by atoms with Crippen LogP contribution >= 0.6 is 7.72 Å². The van der Waals surface area contributed by atoms with Crippen LogP contribution in [0.1, 0.15) is 48.0 Å². The van der Waals surface area contributed by atoms with Crippen molar-refractivity contribution < 1.29 is 24.5 Å². The molecule has 1 saturated carbocycles. The first-order valence-electron chi connectivity index (χ1n) is 9.23. The molecule has 0 radical (unpaired) electrons. The first kappa shape index (κ1) is 21.0. The Labute approximate surface area is 155 Å². The van der Waals surface area contributed by atoms with Crippen LogP contribution in [-0.2, 0) is 11.2 Å². The molecular formula is C19H29NO5P+. The number of carboxylic acids is 1. The van der Waals surface area contributed by atoms with Crippen molar-refractivity contribution in [2.75, 3.05) is 25.4 Å². The summed E-state index contributed by atoms with van der Waals surface area (Å²) in [5.74, 6) is -0.799. The predicted octanol–water partition coefficient (Wildman–Crippen LogP) is 2.50. The molecule has 1 aliphatic carbocycles. The first-order valence-corrected chi connectivity index (χ1v) is 11.3. The largest absolute Gasteiger partial charge is 0.478 e. The van der Waals surface area contributed by atoms with E-state index in [4.69, 9.17) is 5.11 Å². The lowest BCUT2D eigenvalue weighted by Gasteiger charge is -2.23. The molecule has 0 atom stereocenters. The molecule has 0 amide bonds. The van der Waals surface area contributed by atoms with Gasteiger partial charge in [0.2, 0.25) is 0 Å².